The molecule has 1 aromatic rings. The number of likely N-dealkylation sites (tertiary alicyclic amines) is 1. The van der Waals surface area contributed by atoms with Crippen LogP contribution in [0, 0.1) is 0 Å². The summed E-state index contributed by atoms with van der Waals surface area (Å²) in [4.78, 5) is 25.1. The molecule has 6 heteroatoms. The average molecular weight is 237 g/mol. The minimum Gasteiger partial charge on any atom is -0.363 e. The van der Waals surface area contributed by atoms with Gasteiger partial charge in [-0.3, -0.25) is 14.5 Å². The Hall–Kier alpha value is -1.85. The van der Waals surface area contributed by atoms with Gasteiger partial charge in [0.2, 0.25) is 5.91 Å². The minimum atomic E-state index is -0.526. The SMILES string of the molecule is CCC(C)N1C(=O)CC(Nc2ccon2)C1=O. The average Bonchev–Trinajstić information content (AvgIpc) is 2.89. The van der Waals surface area contributed by atoms with E-state index in [4.69, 9.17) is 0 Å². The van der Waals surface area contributed by atoms with Crippen LogP contribution in [0.15, 0.2) is 16.9 Å². The summed E-state index contributed by atoms with van der Waals surface area (Å²) >= 11 is 0. The molecule has 2 heterocycles. The van der Waals surface area contributed by atoms with Gasteiger partial charge >= 0.3 is 0 Å². The second kappa shape index (κ2) is 4.57. The lowest BCUT2D eigenvalue weighted by molar-refractivity contribution is -0.140. The van der Waals surface area contributed by atoms with E-state index in [2.05, 4.69) is 15.0 Å². The maximum Gasteiger partial charge on any atom is 0.252 e. The van der Waals surface area contributed by atoms with Crippen molar-refractivity contribution in [1.29, 1.82) is 0 Å². The molecule has 0 aliphatic carbocycles. The second-order valence-electron chi connectivity index (χ2n) is 4.14. The van der Waals surface area contributed by atoms with Gasteiger partial charge in [-0.05, 0) is 13.3 Å². The van der Waals surface area contributed by atoms with Crippen molar-refractivity contribution >= 4 is 17.6 Å². The van der Waals surface area contributed by atoms with Gasteiger partial charge in [-0.15, -0.1) is 0 Å². The predicted molar refractivity (Wildman–Crippen MR) is 60.1 cm³/mol. The number of amides is 2. The Balaban J connectivity index is 2.08. The molecule has 1 N–H and O–H groups in total. The Morgan fingerprint density at radius 2 is 2.41 bits per heavy atom. The third-order valence-electron chi connectivity index (χ3n) is 2.97. The number of rotatable bonds is 4. The zero-order valence-electron chi connectivity index (χ0n) is 9.84. The van der Waals surface area contributed by atoms with E-state index in [0.29, 0.717) is 5.82 Å². The van der Waals surface area contributed by atoms with Crippen LogP contribution in [0.2, 0.25) is 0 Å². The van der Waals surface area contributed by atoms with E-state index in [9.17, 15) is 9.59 Å². The molecule has 6 nitrogen and oxygen atoms in total. The van der Waals surface area contributed by atoms with E-state index < -0.39 is 6.04 Å². The summed E-state index contributed by atoms with van der Waals surface area (Å²) in [6, 6.07) is 1.03. The highest BCUT2D eigenvalue weighted by atomic mass is 16.5. The first-order chi connectivity index (χ1) is 8.13. The first-order valence-corrected chi connectivity index (χ1v) is 5.66. The molecule has 1 aromatic heterocycles. The van der Waals surface area contributed by atoms with Gasteiger partial charge in [-0.2, -0.15) is 0 Å². The smallest absolute Gasteiger partial charge is 0.252 e. The van der Waals surface area contributed by atoms with Gasteiger partial charge in [0.25, 0.3) is 5.91 Å². The maximum absolute atomic E-state index is 12.0. The third kappa shape index (κ3) is 2.15. The molecular formula is C11H15N3O3. The fraction of sp³-hybridized carbons (Fsp3) is 0.545. The van der Waals surface area contributed by atoms with E-state index in [1.54, 1.807) is 6.07 Å². The molecule has 0 bridgehead atoms. The van der Waals surface area contributed by atoms with Gasteiger partial charge in [-0.1, -0.05) is 12.1 Å². The highest BCUT2D eigenvalue weighted by Gasteiger charge is 2.40. The highest BCUT2D eigenvalue weighted by molar-refractivity contribution is 6.07. The van der Waals surface area contributed by atoms with Crippen molar-refractivity contribution in [2.24, 2.45) is 0 Å². The van der Waals surface area contributed by atoms with E-state index >= 15 is 0 Å². The molecule has 0 aromatic carbocycles. The monoisotopic (exact) mass is 237 g/mol. The molecule has 2 atom stereocenters. The summed E-state index contributed by atoms with van der Waals surface area (Å²) in [7, 11) is 0. The summed E-state index contributed by atoms with van der Waals surface area (Å²) < 4.78 is 4.66. The van der Waals surface area contributed by atoms with E-state index in [1.807, 2.05) is 13.8 Å². The van der Waals surface area contributed by atoms with Crippen molar-refractivity contribution in [2.75, 3.05) is 5.32 Å². The molecule has 2 unspecified atom stereocenters. The summed E-state index contributed by atoms with van der Waals surface area (Å²) in [5, 5.41) is 6.55. The lowest BCUT2D eigenvalue weighted by Crippen LogP contribution is -2.40. The van der Waals surface area contributed by atoms with Crippen molar-refractivity contribution in [3.8, 4) is 0 Å². The predicted octanol–water partition coefficient (Wildman–Crippen LogP) is 1.01. The fourth-order valence-corrected chi connectivity index (χ4v) is 1.87. The van der Waals surface area contributed by atoms with Crippen LogP contribution in [-0.4, -0.2) is 34.0 Å². The van der Waals surface area contributed by atoms with Crippen LogP contribution in [0.1, 0.15) is 26.7 Å². The molecule has 1 fully saturated rings. The van der Waals surface area contributed by atoms with Gasteiger partial charge in [-0.25, -0.2) is 0 Å². The van der Waals surface area contributed by atoms with Crippen molar-refractivity contribution in [2.45, 2.75) is 38.8 Å². The molecule has 17 heavy (non-hydrogen) atoms. The molecular weight excluding hydrogens is 222 g/mol. The Morgan fingerprint density at radius 1 is 1.65 bits per heavy atom. The lowest BCUT2D eigenvalue weighted by atomic mass is 10.2. The van der Waals surface area contributed by atoms with Crippen LogP contribution >= 0.6 is 0 Å². The summed E-state index contributed by atoms with van der Waals surface area (Å²) in [6.07, 6.45) is 2.35. The van der Waals surface area contributed by atoms with E-state index in [1.165, 1.54) is 11.2 Å². The van der Waals surface area contributed by atoms with Crippen LogP contribution in [0.4, 0.5) is 5.82 Å². The van der Waals surface area contributed by atoms with Crippen molar-refractivity contribution in [3.05, 3.63) is 12.3 Å². The molecule has 92 valence electrons. The third-order valence-corrected chi connectivity index (χ3v) is 2.97. The Bertz CT molecular complexity index is 416. The zero-order valence-corrected chi connectivity index (χ0v) is 9.84. The molecule has 1 saturated heterocycles. The van der Waals surface area contributed by atoms with Crippen LogP contribution < -0.4 is 5.32 Å². The molecule has 0 saturated carbocycles. The largest absolute Gasteiger partial charge is 0.363 e. The zero-order chi connectivity index (χ0) is 12.4. The summed E-state index contributed by atoms with van der Waals surface area (Å²) in [5.74, 6) is 0.153. The second-order valence-corrected chi connectivity index (χ2v) is 4.14. The number of imide groups is 1. The van der Waals surface area contributed by atoms with Gasteiger partial charge in [0.1, 0.15) is 12.3 Å². The molecule has 2 amide bonds. The number of hydrogen-bond donors (Lipinski definition) is 1. The van der Waals surface area contributed by atoms with Crippen LogP contribution in [-0.2, 0) is 9.59 Å². The number of carbonyl (C=O) groups is 2. The molecule has 1 aliphatic rings. The van der Waals surface area contributed by atoms with Crippen molar-refractivity contribution < 1.29 is 14.1 Å². The topological polar surface area (TPSA) is 75.4 Å². The number of nitrogens with one attached hydrogen (secondary N) is 1. The Kier molecular flexibility index (Phi) is 3.12. The van der Waals surface area contributed by atoms with Crippen molar-refractivity contribution in [1.82, 2.24) is 10.1 Å². The first kappa shape index (κ1) is 11.6. The van der Waals surface area contributed by atoms with E-state index in [0.717, 1.165) is 6.42 Å². The highest BCUT2D eigenvalue weighted by Crippen LogP contribution is 2.20. The van der Waals surface area contributed by atoms with Gasteiger partial charge in [0.15, 0.2) is 5.82 Å². The van der Waals surface area contributed by atoms with E-state index in [-0.39, 0.29) is 24.3 Å². The minimum absolute atomic E-state index is 0.0564. The molecule has 0 radical (unpaired) electrons. The van der Waals surface area contributed by atoms with Crippen LogP contribution in [0.5, 0.6) is 0 Å². The maximum atomic E-state index is 12.0. The lowest BCUT2D eigenvalue weighted by Gasteiger charge is -2.21. The summed E-state index contributed by atoms with van der Waals surface area (Å²) in [5.41, 5.74) is 0. The number of aromatic nitrogens is 1. The fourth-order valence-electron chi connectivity index (χ4n) is 1.87. The molecule has 0 spiro atoms. The summed E-state index contributed by atoms with van der Waals surface area (Å²) in [6.45, 7) is 3.82. The van der Waals surface area contributed by atoms with Gasteiger partial charge in [0, 0.05) is 12.1 Å². The number of hydrogen-bond acceptors (Lipinski definition) is 5. The number of carbonyl (C=O) groups excluding carboxylic acids is 2. The van der Waals surface area contributed by atoms with Crippen LogP contribution in [0.3, 0.4) is 0 Å². The standard InChI is InChI=1S/C11H15N3O3/c1-3-7(2)14-10(15)6-8(11(14)16)12-9-4-5-17-13-9/h4-5,7-8H,3,6H2,1-2H3,(H,12,13). The van der Waals surface area contributed by atoms with Gasteiger partial charge in [0.05, 0.1) is 6.42 Å². The van der Waals surface area contributed by atoms with Gasteiger partial charge < -0.3 is 9.84 Å². The quantitative estimate of drug-likeness (QED) is 0.791. The molecule has 1 aliphatic heterocycles. The number of anilines is 1. The Labute approximate surface area is 98.9 Å². The number of nitrogens with zero attached hydrogens (tertiary/aromatic N) is 2. The first-order valence-electron chi connectivity index (χ1n) is 5.66. The Morgan fingerprint density at radius 3 is 3.00 bits per heavy atom. The van der Waals surface area contributed by atoms with Crippen LogP contribution in [0.25, 0.3) is 0 Å². The van der Waals surface area contributed by atoms with Crippen molar-refractivity contribution in [3.63, 3.8) is 0 Å². The normalized spacial score (nSPS) is 22.0. The molecule has 2 rings (SSSR count).